The average Bonchev–Trinajstić information content (AvgIpc) is 3.64. The van der Waals surface area contributed by atoms with Crippen LogP contribution in [0.3, 0.4) is 0 Å². The summed E-state index contributed by atoms with van der Waals surface area (Å²) in [5, 5.41) is 2.95. The van der Waals surface area contributed by atoms with Crippen LogP contribution in [0.2, 0.25) is 0 Å². The number of hydrogen-bond acceptors (Lipinski definition) is 6. The molecule has 266 valence electrons. The predicted molar refractivity (Wildman–Crippen MR) is 179 cm³/mol. The Morgan fingerprint density at radius 3 is 2.51 bits per heavy atom. The molecule has 4 unspecified atom stereocenters. The molecule has 0 bridgehead atoms. The molecule has 3 N–H and O–H groups in total. The van der Waals surface area contributed by atoms with Gasteiger partial charge in [-0.2, -0.15) is 0 Å². The van der Waals surface area contributed by atoms with Gasteiger partial charge in [0.1, 0.15) is 29.2 Å². The smallest absolute Gasteiger partial charge is 0.410 e. The number of rotatable bonds is 10. The van der Waals surface area contributed by atoms with Gasteiger partial charge in [-0.25, -0.2) is 27.7 Å². The maximum atomic E-state index is 15.8. The zero-order chi connectivity index (χ0) is 35.3. The van der Waals surface area contributed by atoms with Gasteiger partial charge in [-0.05, 0) is 70.2 Å². The molecule has 2 fully saturated rings. The van der Waals surface area contributed by atoms with E-state index in [4.69, 9.17) is 20.2 Å². The quantitative estimate of drug-likeness (QED) is 0.275. The molecule has 2 saturated heterocycles. The predicted octanol–water partition coefficient (Wildman–Crippen LogP) is 5.91. The molecule has 3 aromatic rings. The van der Waals surface area contributed by atoms with Gasteiger partial charge in [0.25, 0.3) is 0 Å². The van der Waals surface area contributed by atoms with Crippen molar-refractivity contribution < 1.29 is 32.2 Å². The summed E-state index contributed by atoms with van der Waals surface area (Å²) in [4.78, 5) is 35.0. The summed E-state index contributed by atoms with van der Waals surface area (Å²) >= 11 is 0. The highest BCUT2D eigenvalue weighted by Crippen LogP contribution is 2.38. The monoisotopic (exact) mass is 684 g/mol. The molecule has 0 saturated carbocycles. The zero-order valence-electron chi connectivity index (χ0n) is 28.6. The summed E-state index contributed by atoms with van der Waals surface area (Å²) in [6.45, 7) is 8.25. The molecule has 3 amide bonds. The van der Waals surface area contributed by atoms with Crippen molar-refractivity contribution in [2.24, 2.45) is 17.6 Å². The Labute approximate surface area is 285 Å². The summed E-state index contributed by atoms with van der Waals surface area (Å²) in [7, 11) is 0. The summed E-state index contributed by atoms with van der Waals surface area (Å²) < 4.78 is 58.5. The number of nitrogens with one attached hydrogen (secondary N) is 1. The van der Waals surface area contributed by atoms with E-state index in [9.17, 15) is 14.0 Å². The molecule has 0 radical (unpaired) electrons. The Morgan fingerprint density at radius 2 is 1.84 bits per heavy atom. The number of benzene rings is 2. The van der Waals surface area contributed by atoms with Gasteiger partial charge in [0.2, 0.25) is 0 Å². The van der Waals surface area contributed by atoms with Crippen molar-refractivity contribution in [2.45, 2.75) is 70.9 Å². The molecule has 1 aromatic heterocycles. The second kappa shape index (κ2) is 15.6. The molecule has 13 heteroatoms. The third kappa shape index (κ3) is 9.13. The van der Waals surface area contributed by atoms with Crippen molar-refractivity contribution in [1.82, 2.24) is 24.7 Å². The number of ether oxygens (including phenoxy) is 2. The van der Waals surface area contributed by atoms with Crippen molar-refractivity contribution in [3.63, 3.8) is 0 Å². The van der Waals surface area contributed by atoms with Gasteiger partial charge in [0.05, 0.1) is 18.3 Å². The van der Waals surface area contributed by atoms with Crippen molar-refractivity contribution in [1.29, 1.82) is 0 Å². The molecule has 0 aliphatic carbocycles. The lowest BCUT2D eigenvalue weighted by atomic mass is 9.89. The van der Waals surface area contributed by atoms with Gasteiger partial charge >= 0.3 is 12.1 Å². The molecular weight excluding hydrogens is 637 g/mol. The van der Waals surface area contributed by atoms with Crippen LogP contribution < -0.4 is 11.1 Å². The molecule has 2 aromatic carbocycles. The number of aromatic nitrogens is 2. The molecular formula is C36H47F3N6O4. The van der Waals surface area contributed by atoms with E-state index in [0.717, 1.165) is 23.8 Å². The SMILES string of the molecule is CC(CN)NC(=O)N(CC1CN(C(=O)OC(C)(C)C)CC1F)C(c1nc(-c2cc(F)ccc2F)cn1Cc1ccccc1)C1CCOCC1. The summed E-state index contributed by atoms with van der Waals surface area (Å²) in [5.41, 5.74) is 6.26. The topological polar surface area (TPSA) is 115 Å². The number of amides is 3. The van der Waals surface area contributed by atoms with Gasteiger partial charge in [-0.1, -0.05) is 30.3 Å². The lowest BCUT2D eigenvalue weighted by molar-refractivity contribution is 0.0236. The minimum absolute atomic E-state index is 0.0147. The molecule has 2 aliphatic rings. The van der Waals surface area contributed by atoms with Crippen molar-refractivity contribution >= 4 is 12.1 Å². The lowest BCUT2D eigenvalue weighted by Crippen LogP contribution is -2.52. The maximum absolute atomic E-state index is 15.8. The average molecular weight is 685 g/mol. The molecule has 49 heavy (non-hydrogen) atoms. The number of alkyl halides is 1. The molecule has 10 nitrogen and oxygen atoms in total. The second-order valence-corrected chi connectivity index (χ2v) is 14.0. The van der Waals surface area contributed by atoms with E-state index in [1.165, 1.54) is 4.90 Å². The first-order chi connectivity index (χ1) is 23.3. The van der Waals surface area contributed by atoms with Crippen LogP contribution in [0.25, 0.3) is 11.3 Å². The number of nitrogens with zero attached hydrogens (tertiary/aromatic N) is 4. The van der Waals surface area contributed by atoms with E-state index in [0.29, 0.717) is 38.4 Å². The molecule has 4 atom stereocenters. The first-order valence-electron chi connectivity index (χ1n) is 16.9. The van der Waals surface area contributed by atoms with E-state index >= 15 is 8.78 Å². The number of nitrogens with two attached hydrogens (primary N) is 1. The number of hydrogen-bond donors (Lipinski definition) is 2. The minimum atomic E-state index is -1.42. The van der Waals surface area contributed by atoms with E-state index in [1.54, 1.807) is 38.8 Å². The maximum Gasteiger partial charge on any atom is 0.410 e. The third-order valence-corrected chi connectivity index (χ3v) is 8.95. The normalized spacial score (nSPS) is 19.8. The van der Waals surface area contributed by atoms with Crippen LogP contribution in [0.4, 0.5) is 22.8 Å². The van der Waals surface area contributed by atoms with E-state index in [1.807, 2.05) is 34.9 Å². The minimum Gasteiger partial charge on any atom is -0.444 e. The van der Waals surface area contributed by atoms with Gasteiger partial charge < -0.3 is 34.9 Å². The highest BCUT2D eigenvalue weighted by atomic mass is 19.1. The number of carbonyl (C=O) groups excluding carboxylic acids is 2. The molecule has 2 aliphatic heterocycles. The lowest BCUT2D eigenvalue weighted by Gasteiger charge is -2.40. The molecule has 5 rings (SSSR count). The van der Waals surface area contributed by atoms with Crippen LogP contribution in [0.15, 0.2) is 54.7 Å². The Bertz CT molecular complexity index is 1580. The Balaban J connectivity index is 1.60. The summed E-state index contributed by atoms with van der Waals surface area (Å²) in [6, 6.07) is 11.2. The third-order valence-electron chi connectivity index (χ3n) is 8.95. The van der Waals surface area contributed by atoms with Crippen LogP contribution in [0.5, 0.6) is 0 Å². The number of halogens is 3. The van der Waals surface area contributed by atoms with Crippen LogP contribution >= 0.6 is 0 Å². The van der Waals surface area contributed by atoms with Gasteiger partial charge in [-0.15, -0.1) is 0 Å². The Kier molecular flexibility index (Phi) is 11.5. The van der Waals surface area contributed by atoms with Crippen molar-refractivity contribution in [3.05, 3.63) is 77.8 Å². The van der Waals surface area contributed by atoms with Crippen LogP contribution in [-0.2, 0) is 16.0 Å². The number of urea groups is 1. The van der Waals surface area contributed by atoms with E-state index < -0.39 is 53.5 Å². The van der Waals surface area contributed by atoms with Crippen LogP contribution in [-0.4, -0.2) is 88.7 Å². The number of carbonyl (C=O) groups is 2. The largest absolute Gasteiger partial charge is 0.444 e. The first kappa shape index (κ1) is 36.2. The standard InChI is InChI=1S/C36H47F3N6O4/c1-23(17-40)41-34(46)45(20-26-19-44(21-30(26)39)35(47)49-36(2,3)4)32(25-12-14-48-15-13-25)33-42-31(28-16-27(37)10-11-29(28)38)22-43(33)18-24-8-6-5-7-9-24/h5-11,16,22-23,25-26,30,32H,12-15,17-21,40H2,1-4H3,(H,41,46). The Morgan fingerprint density at radius 1 is 1.12 bits per heavy atom. The van der Waals surface area contributed by atoms with Gasteiger partial charge in [0.15, 0.2) is 0 Å². The van der Waals surface area contributed by atoms with E-state index in [-0.39, 0.29) is 43.4 Å². The highest BCUT2D eigenvalue weighted by molar-refractivity contribution is 5.75. The fourth-order valence-corrected chi connectivity index (χ4v) is 6.44. The first-order valence-corrected chi connectivity index (χ1v) is 16.9. The van der Waals surface area contributed by atoms with Crippen molar-refractivity contribution in [2.75, 3.05) is 39.4 Å². The Hall–Kier alpha value is -4.10. The van der Waals surface area contributed by atoms with Gasteiger partial charge in [-0.3, -0.25) is 0 Å². The second-order valence-electron chi connectivity index (χ2n) is 14.0. The van der Waals surface area contributed by atoms with Crippen LogP contribution in [0, 0.1) is 23.5 Å². The fraction of sp³-hybridized carbons (Fsp3) is 0.528. The highest BCUT2D eigenvalue weighted by Gasteiger charge is 2.43. The summed E-state index contributed by atoms with van der Waals surface area (Å²) in [6.07, 6.45) is 0.785. The van der Waals surface area contributed by atoms with E-state index in [2.05, 4.69) is 5.32 Å². The van der Waals surface area contributed by atoms with Crippen molar-refractivity contribution in [3.8, 4) is 11.3 Å². The number of likely N-dealkylation sites (tertiary alicyclic amines) is 1. The molecule has 0 spiro atoms. The fourth-order valence-electron chi connectivity index (χ4n) is 6.44. The number of imidazole rings is 1. The zero-order valence-corrected chi connectivity index (χ0v) is 28.6. The molecule has 3 heterocycles. The van der Waals surface area contributed by atoms with Crippen LogP contribution in [0.1, 0.15) is 58.0 Å². The van der Waals surface area contributed by atoms with Gasteiger partial charge in [0, 0.05) is 63.1 Å². The summed E-state index contributed by atoms with van der Waals surface area (Å²) in [5.74, 6) is -1.71.